The van der Waals surface area contributed by atoms with Gasteiger partial charge in [0, 0.05) is 12.2 Å². The Morgan fingerprint density at radius 3 is 1.26 bits per heavy atom. The van der Waals surface area contributed by atoms with Gasteiger partial charge in [-0.15, -0.1) is 0 Å². The molecule has 6 aromatic rings. The second-order valence-electron chi connectivity index (χ2n) is 16.7. The quantitative estimate of drug-likeness (QED) is 0.0242. The Bertz CT molecular complexity index is 2710. The van der Waals surface area contributed by atoms with E-state index >= 15 is 0 Å². The van der Waals surface area contributed by atoms with Crippen molar-refractivity contribution in [3.05, 3.63) is 98.1 Å². The lowest BCUT2D eigenvalue weighted by atomic mass is 10.3. The largest absolute Gasteiger partial charge is 0.478 e. The van der Waals surface area contributed by atoms with Crippen LogP contribution in [0.5, 0.6) is 11.5 Å². The van der Waals surface area contributed by atoms with Crippen molar-refractivity contribution in [3.63, 3.8) is 0 Å². The predicted molar refractivity (Wildman–Crippen MR) is 272 cm³/mol. The van der Waals surface area contributed by atoms with Crippen LogP contribution in [0.4, 0.5) is 11.6 Å². The predicted octanol–water partition coefficient (Wildman–Crippen LogP) is 5.66. The number of aromatic nitrogens is 8. The van der Waals surface area contributed by atoms with Gasteiger partial charge < -0.3 is 58.8 Å². The summed E-state index contributed by atoms with van der Waals surface area (Å²) in [6.07, 6.45) is 5.14. The highest BCUT2D eigenvalue weighted by atomic mass is 31.2. The van der Waals surface area contributed by atoms with E-state index < -0.39 is 51.0 Å². The number of rotatable bonds is 24. The van der Waals surface area contributed by atoms with Crippen molar-refractivity contribution in [1.29, 1.82) is 0 Å². The van der Waals surface area contributed by atoms with Crippen molar-refractivity contribution >= 4 is 72.9 Å². The van der Waals surface area contributed by atoms with Crippen LogP contribution in [-0.4, -0.2) is 122 Å². The van der Waals surface area contributed by atoms with Gasteiger partial charge in [0.25, 0.3) is 0 Å². The van der Waals surface area contributed by atoms with E-state index in [-0.39, 0.29) is 37.1 Å². The first-order chi connectivity index (χ1) is 35.0. The lowest BCUT2D eigenvalue weighted by Crippen LogP contribution is -2.37. The van der Waals surface area contributed by atoms with E-state index in [1.807, 2.05) is 26.0 Å². The number of benzene rings is 2. The van der Waals surface area contributed by atoms with E-state index in [0.717, 1.165) is 0 Å². The van der Waals surface area contributed by atoms with E-state index in [4.69, 9.17) is 49.7 Å². The Kier molecular flexibility index (Phi) is 22.6. The zero-order valence-electron chi connectivity index (χ0n) is 42.0. The number of carboxylic acids is 2. The van der Waals surface area contributed by atoms with Gasteiger partial charge in [0.15, 0.2) is 22.9 Å². The molecule has 0 fully saturated rings. The summed E-state index contributed by atoms with van der Waals surface area (Å²) in [6, 6.07) is 15.7. The molecular weight excluding hydrogens is 1010 g/mol. The number of carboxylic acid groups (broad SMARTS) is 2. The van der Waals surface area contributed by atoms with Crippen molar-refractivity contribution < 1.29 is 66.5 Å². The van der Waals surface area contributed by atoms with Gasteiger partial charge in [0.2, 0.25) is 0 Å². The van der Waals surface area contributed by atoms with Gasteiger partial charge in [0.05, 0.1) is 50.2 Å². The van der Waals surface area contributed by atoms with E-state index in [9.17, 15) is 28.3 Å². The first-order valence-electron chi connectivity index (χ1n) is 22.8. The van der Waals surface area contributed by atoms with Crippen molar-refractivity contribution in [2.24, 2.45) is 0 Å². The number of para-hydroxylation sites is 2. The molecular formula is C46H62N12O14P2. The number of ether oxygens (including phenoxy) is 4. The third-order valence-electron chi connectivity index (χ3n) is 9.38. The number of imidazole rings is 2. The highest BCUT2D eigenvalue weighted by Crippen LogP contribution is 2.45. The fraction of sp³-hybridized carbons (Fsp3) is 0.391. The van der Waals surface area contributed by atoms with Crippen LogP contribution in [0.1, 0.15) is 55.4 Å². The van der Waals surface area contributed by atoms with E-state index in [1.165, 1.54) is 12.7 Å². The van der Waals surface area contributed by atoms with Gasteiger partial charge in [-0.25, -0.2) is 49.7 Å². The maximum atomic E-state index is 13.6. The molecule has 28 heteroatoms. The molecule has 0 spiro atoms. The molecule has 400 valence electrons. The molecule has 8 N–H and O–H groups in total. The van der Waals surface area contributed by atoms with Crippen molar-refractivity contribution in [2.75, 3.05) is 24.2 Å². The fourth-order valence-corrected chi connectivity index (χ4v) is 9.74. The van der Waals surface area contributed by atoms with Gasteiger partial charge in [-0.3, -0.25) is 18.7 Å². The number of anilines is 2. The molecule has 0 amide bonds. The van der Waals surface area contributed by atoms with Crippen molar-refractivity contribution in [3.8, 4) is 11.5 Å². The number of nitrogens with zero attached hydrogens (tertiary/aromatic N) is 8. The van der Waals surface area contributed by atoms with Gasteiger partial charge in [0.1, 0.15) is 60.0 Å². The Balaban J connectivity index is 0.000000279. The number of nitrogen functional groups attached to an aromatic ring is 2. The van der Waals surface area contributed by atoms with Crippen molar-refractivity contribution in [1.82, 2.24) is 49.2 Å². The smallest absolute Gasteiger partial charge is 0.342 e. The van der Waals surface area contributed by atoms with Crippen LogP contribution in [0.25, 0.3) is 22.3 Å². The summed E-state index contributed by atoms with van der Waals surface area (Å²) in [5.41, 5.74) is 13.8. The number of carbonyl (C=O) groups is 4. The number of hydrogen-bond donors (Lipinski definition) is 6. The minimum atomic E-state index is -3.64. The topological polar surface area (TPSA) is 362 Å². The average molecular weight is 1070 g/mol. The van der Waals surface area contributed by atoms with Crippen LogP contribution in [-0.2, 0) is 60.3 Å². The lowest BCUT2D eigenvalue weighted by molar-refractivity contribution is -0.149. The van der Waals surface area contributed by atoms with E-state index in [1.54, 1.807) is 112 Å². The third kappa shape index (κ3) is 19.6. The first-order valence-corrected chi connectivity index (χ1v) is 26.4. The average Bonchev–Trinajstić information content (AvgIpc) is 3.95. The second kappa shape index (κ2) is 28.2. The molecule has 2 aromatic carbocycles. The molecule has 0 aliphatic rings. The zero-order chi connectivity index (χ0) is 54.6. The maximum Gasteiger partial charge on any atom is 0.342 e. The summed E-state index contributed by atoms with van der Waals surface area (Å²) in [7, 11) is -7.28. The second-order valence-corrected chi connectivity index (χ2v) is 20.8. The minimum Gasteiger partial charge on any atom is -0.478 e. The molecule has 74 heavy (non-hydrogen) atoms. The van der Waals surface area contributed by atoms with E-state index in [0.29, 0.717) is 70.7 Å². The molecule has 0 saturated heterocycles. The van der Waals surface area contributed by atoms with E-state index in [2.05, 4.69) is 40.1 Å². The number of nitrogens with two attached hydrogens (primary N) is 2. The normalized spacial score (nSPS) is 14.6. The van der Waals surface area contributed by atoms with Crippen LogP contribution < -0.4 is 30.7 Å². The number of fused-ring (bicyclic) bond motifs is 2. The molecule has 26 nitrogen and oxygen atoms in total. The lowest BCUT2D eigenvalue weighted by Gasteiger charge is -2.25. The molecule has 0 radical (unpaired) electrons. The molecule has 4 heterocycles. The highest BCUT2D eigenvalue weighted by Gasteiger charge is 2.33. The molecule has 0 aliphatic heterocycles. The molecule has 0 saturated carbocycles. The standard InChI is InChI=1S/2C21H29N6O5P.C4H4O4/c2*1-14(2)31-21(28)16(4)26-33(29,32-17-8-6-5-7-9-17)13-30-15(3)10-27-12-25-18-19(22)23-11-24-20(18)27;5-3(6)1-2-4(7)8/h2*5-9,11-12,14-16H,10,13H2,1-4H3,(H,26,29)(H2,22,23,24);1-2H,(H,5,6)(H,7,8)/b;;2-1+/t2*15-,16+,33-;/m11./s1. The van der Waals surface area contributed by atoms with Gasteiger partial charge in [-0.05, 0) is 79.7 Å². The molecule has 6 rings (SSSR count). The monoisotopic (exact) mass is 1070 g/mol. The number of carbonyl (C=O) groups excluding carboxylic acids is 2. The number of nitrogens with one attached hydrogen (secondary N) is 2. The SMILES string of the molecule is CC(C)OC(=O)[C@H](C)N[P@@](=O)(CO[C@H](C)Cn1cnc2c(N)ncnc21)Oc1ccccc1.CC(C)OC(=O)[C@H](C)N[P@@](=O)(CO[C@H](C)Cn1cnc2c(N)ncnc21)Oc1ccccc1.O=C(O)/C=C/C(=O)O. The Morgan fingerprint density at radius 1 is 0.581 bits per heavy atom. The summed E-state index contributed by atoms with van der Waals surface area (Å²) in [5.74, 6) is -2.21. The summed E-state index contributed by atoms with van der Waals surface area (Å²) >= 11 is 0. The van der Waals surface area contributed by atoms with Crippen LogP contribution in [0.3, 0.4) is 0 Å². The van der Waals surface area contributed by atoms with Crippen LogP contribution in [0.2, 0.25) is 0 Å². The van der Waals surface area contributed by atoms with Crippen LogP contribution >= 0.6 is 15.0 Å². The first kappa shape index (κ1) is 59.2. The summed E-state index contributed by atoms with van der Waals surface area (Å²) < 4.78 is 64.4. The zero-order valence-corrected chi connectivity index (χ0v) is 43.7. The van der Waals surface area contributed by atoms with Gasteiger partial charge in [-0.2, -0.15) is 0 Å². The van der Waals surface area contributed by atoms with Gasteiger partial charge >= 0.3 is 38.9 Å². The minimum absolute atomic E-state index is 0.272. The molecule has 4 aromatic heterocycles. The summed E-state index contributed by atoms with van der Waals surface area (Å²) in [6.45, 7) is 14.5. The molecule has 0 aliphatic carbocycles. The van der Waals surface area contributed by atoms with Crippen LogP contribution in [0.15, 0.2) is 98.1 Å². The number of esters is 2. The Morgan fingerprint density at radius 2 is 0.932 bits per heavy atom. The highest BCUT2D eigenvalue weighted by molar-refractivity contribution is 7.57. The fourth-order valence-electron chi connectivity index (χ4n) is 6.16. The number of hydrogen-bond acceptors (Lipinski definition) is 20. The summed E-state index contributed by atoms with van der Waals surface area (Å²) in [5, 5.41) is 21.2. The van der Waals surface area contributed by atoms with Crippen LogP contribution in [0, 0.1) is 0 Å². The van der Waals surface area contributed by atoms with Crippen molar-refractivity contribution in [2.45, 2.75) is 105 Å². The van der Waals surface area contributed by atoms with Gasteiger partial charge in [-0.1, -0.05) is 36.4 Å². The summed E-state index contributed by atoms with van der Waals surface area (Å²) in [4.78, 5) is 68.4. The number of aliphatic carboxylic acids is 2. The molecule has 0 unspecified atom stereocenters. The third-order valence-corrected chi connectivity index (χ3v) is 12.9. The molecule has 6 atom stereocenters. The Hall–Kier alpha value is -7.34. The molecule has 0 bridgehead atoms. The Labute approximate surface area is 426 Å². The maximum absolute atomic E-state index is 13.6.